The number of anilines is 2. The van der Waals surface area contributed by atoms with E-state index in [2.05, 4.69) is 36.0 Å². The largest absolute Gasteiger partial charge is 0.356 e. The van der Waals surface area contributed by atoms with Gasteiger partial charge in [0.15, 0.2) is 0 Å². The molecule has 1 N–H and O–H groups in total. The van der Waals surface area contributed by atoms with Crippen molar-refractivity contribution < 1.29 is 0 Å². The molecule has 28 heavy (non-hydrogen) atoms. The van der Waals surface area contributed by atoms with E-state index in [0.29, 0.717) is 0 Å². The molecule has 1 aliphatic heterocycles. The molecule has 1 saturated heterocycles. The zero-order chi connectivity index (χ0) is 19.8. The van der Waals surface area contributed by atoms with E-state index < -0.39 is 0 Å². The van der Waals surface area contributed by atoms with Gasteiger partial charge in [-0.2, -0.15) is 4.98 Å². The summed E-state index contributed by atoms with van der Waals surface area (Å²) >= 11 is 0. The van der Waals surface area contributed by atoms with Gasteiger partial charge in [-0.25, -0.2) is 4.98 Å². The molecule has 3 rings (SSSR count). The Labute approximate surface area is 172 Å². The highest BCUT2D eigenvalue weighted by atomic mass is 15.2. The predicted molar refractivity (Wildman–Crippen MR) is 119 cm³/mol. The lowest BCUT2D eigenvalue weighted by Crippen LogP contribution is -2.31. The fraction of sp³-hybridized carbons (Fsp3) is 0.826. The highest BCUT2D eigenvalue weighted by Crippen LogP contribution is 2.30. The van der Waals surface area contributed by atoms with Crippen LogP contribution in [0.15, 0.2) is 0 Å². The van der Waals surface area contributed by atoms with Gasteiger partial charge < -0.3 is 15.1 Å². The number of aryl methyl sites for hydroxylation is 1. The van der Waals surface area contributed by atoms with E-state index in [-0.39, 0.29) is 0 Å². The summed E-state index contributed by atoms with van der Waals surface area (Å²) in [6.07, 6.45) is 12.6. The van der Waals surface area contributed by atoms with Gasteiger partial charge >= 0.3 is 0 Å². The third kappa shape index (κ3) is 5.82. The molecular weight excluding hydrogens is 346 g/mol. The lowest BCUT2D eigenvalue weighted by Gasteiger charge is -2.28. The Bertz CT molecular complexity index is 591. The van der Waals surface area contributed by atoms with Crippen molar-refractivity contribution in [2.75, 3.05) is 50.0 Å². The summed E-state index contributed by atoms with van der Waals surface area (Å²) in [7, 11) is 2.23. The molecule has 0 amide bonds. The molecule has 0 aromatic carbocycles. The Hall–Kier alpha value is -1.36. The van der Waals surface area contributed by atoms with Crippen molar-refractivity contribution in [1.82, 2.24) is 14.9 Å². The van der Waals surface area contributed by atoms with Gasteiger partial charge in [0.2, 0.25) is 5.95 Å². The second kappa shape index (κ2) is 11.0. The average molecular weight is 388 g/mol. The molecule has 2 heterocycles. The number of likely N-dealkylation sites (N-methyl/N-ethyl adjacent to an activating group) is 1. The van der Waals surface area contributed by atoms with Crippen LogP contribution in [-0.2, 0) is 12.8 Å². The van der Waals surface area contributed by atoms with Crippen LogP contribution in [0.3, 0.4) is 0 Å². The standard InChI is InChI=1S/C23H41N5/c1-4-19(5-2)18-27(3)17-14-24-23-25-21-13-9-8-12-20(21)22(26-23)28-15-10-6-7-11-16-28/h19H,4-18H2,1-3H3,(H,24,25,26). The van der Waals surface area contributed by atoms with Gasteiger partial charge in [-0.05, 0) is 51.5 Å². The quantitative estimate of drug-likeness (QED) is 0.675. The molecule has 5 nitrogen and oxygen atoms in total. The molecule has 0 spiro atoms. The summed E-state index contributed by atoms with van der Waals surface area (Å²) in [6.45, 7) is 10.0. The maximum absolute atomic E-state index is 5.03. The topological polar surface area (TPSA) is 44.3 Å². The highest BCUT2D eigenvalue weighted by molar-refractivity contribution is 5.53. The molecule has 0 saturated carbocycles. The minimum Gasteiger partial charge on any atom is -0.356 e. The van der Waals surface area contributed by atoms with E-state index in [1.807, 2.05) is 0 Å². The third-order valence-electron chi connectivity index (χ3n) is 6.57. The van der Waals surface area contributed by atoms with Crippen molar-refractivity contribution in [1.29, 1.82) is 0 Å². The molecule has 1 aromatic heterocycles. The maximum atomic E-state index is 5.03. The molecule has 158 valence electrons. The van der Waals surface area contributed by atoms with Crippen molar-refractivity contribution in [3.63, 3.8) is 0 Å². The number of nitrogens with one attached hydrogen (secondary N) is 1. The summed E-state index contributed by atoms with van der Waals surface area (Å²) in [5, 5.41) is 3.54. The van der Waals surface area contributed by atoms with Crippen LogP contribution in [0, 0.1) is 5.92 Å². The van der Waals surface area contributed by atoms with E-state index in [4.69, 9.17) is 9.97 Å². The summed E-state index contributed by atoms with van der Waals surface area (Å²) in [6, 6.07) is 0. The first-order valence-corrected chi connectivity index (χ1v) is 11.8. The van der Waals surface area contributed by atoms with E-state index >= 15 is 0 Å². The van der Waals surface area contributed by atoms with Gasteiger partial charge in [-0.3, -0.25) is 0 Å². The first-order valence-electron chi connectivity index (χ1n) is 11.8. The second-order valence-electron chi connectivity index (χ2n) is 8.78. The molecule has 1 fully saturated rings. The van der Waals surface area contributed by atoms with Crippen molar-refractivity contribution in [3.8, 4) is 0 Å². The zero-order valence-corrected chi connectivity index (χ0v) is 18.5. The smallest absolute Gasteiger partial charge is 0.224 e. The molecule has 2 aliphatic rings. The van der Waals surface area contributed by atoms with Gasteiger partial charge in [-0.15, -0.1) is 0 Å². The van der Waals surface area contributed by atoms with Crippen LogP contribution >= 0.6 is 0 Å². The molecular formula is C23H41N5. The van der Waals surface area contributed by atoms with Crippen LogP contribution < -0.4 is 10.2 Å². The van der Waals surface area contributed by atoms with E-state index in [9.17, 15) is 0 Å². The minimum absolute atomic E-state index is 0.805. The second-order valence-corrected chi connectivity index (χ2v) is 8.78. The first-order chi connectivity index (χ1) is 13.7. The van der Waals surface area contributed by atoms with E-state index in [1.165, 1.54) is 75.0 Å². The fourth-order valence-electron chi connectivity index (χ4n) is 4.63. The van der Waals surface area contributed by atoms with Gasteiger partial charge in [0, 0.05) is 38.3 Å². The van der Waals surface area contributed by atoms with Gasteiger partial charge in [-0.1, -0.05) is 39.5 Å². The van der Waals surface area contributed by atoms with Gasteiger partial charge in [0.05, 0.1) is 5.69 Å². The Morgan fingerprint density at radius 2 is 1.68 bits per heavy atom. The maximum Gasteiger partial charge on any atom is 0.224 e. The van der Waals surface area contributed by atoms with E-state index in [1.54, 1.807) is 0 Å². The minimum atomic E-state index is 0.805. The predicted octanol–water partition coefficient (Wildman–Crippen LogP) is 4.52. The van der Waals surface area contributed by atoms with Gasteiger partial charge in [0.1, 0.15) is 5.82 Å². The van der Waals surface area contributed by atoms with Crippen molar-refractivity contribution >= 4 is 11.8 Å². The third-order valence-corrected chi connectivity index (χ3v) is 6.57. The Balaban J connectivity index is 1.65. The molecule has 0 unspecified atom stereocenters. The van der Waals surface area contributed by atoms with Gasteiger partial charge in [0.25, 0.3) is 0 Å². The van der Waals surface area contributed by atoms with E-state index in [0.717, 1.165) is 50.9 Å². The summed E-state index contributed by atoms with van der Waals surface area (Å²) in [5.74, 6) is 2.88. The van der Waals surface area contributed by atoms with Crippen LogP contribution in [0.1, 0.15) is 76.5 Å². The van der Waals surface area contributed by atoms with Crippen molar-refractivity contribution in [2.45, 2.75) is 78.1 Å². The Kier molecular flexibility index (Phi) is 8.38. The zero-order valence-electron chi connectivity index (χ0n) is 18.5. The fourth-order valence-corrected chi connectivity index (χ4v) is 4.63. The summed E-state index contributed by atoms with van der Waals surface area (Å²) in [4.78, 5) is 14.9. The molecule has 1 aliphatic carbocycles. The lowest BCUT2D eigenvalue weighted by molar-refractivity contribution is 0.275. The van der Waals surface area contributed by atoms with Crippen LogP contribution in [0.2, 0.25) is 0 Å². The van der Waals surface area contributed by atoms with Crippen LogP contribution in [0.5, 0.6) is 0 Å². The Morgan fingerprint density at radius 3 is 2.39 bits per heavy atom. The van der Waals surface area contributed by atoms with Crippen molar-refractivity contribution in [2.24, 2.45) is 5.92 Å². The summed E-state index contributed by atoms with van der Waals surface area (Å²) < 4.78 is 0. The highest BCUT2D eigenvalue weighted by Gasteiger charge is 2.22. The number of nitrogens with zero attached hydrogens (tertiary/aromatic N) is 4. The molecule has 5 heteroatoms. The first kappa shape index (κ1) is 21.4. The molecule has 0 atom stereocenters. The molecule has 1 aromatic rings. The average Bonchev–Trinajstić information content (AvgIpc) is 3.01. The van der Waals surface area contributed by atoms with Crippen LogP contribution in [0.4, 0.5) is 11.8 Å². The molecule has 0 bridgehead atoms. The van der Waals surface area contributed by atoms with Crippen molar-refractivity contribution in [3.05, 3.63) is 11.3 Å². The SMILES string of the molecule is CCC(CC)CN(C)CCNc1nc2c(c(N3CCCCCC3)n1)CCCC2. The lowest BCUT2D eigenvalue weighted by atomic mass is 9.96. The summed E-state index contributed by atoms with van der Waals surface area (Å²) in [5.41, 5.74) is 2.73. The van der Waals surface area contributed by atoms with Crippen LogP contribution in [-0.4, -0.2) is 54.6 Å². The normalized spacial score (nSPS) is 17.7. The number of rotatable bonds is 9. The Morgan fingerprint density at radius 1 is 0.964 bits per heavy atom. The number of hydrogen-bond acceptors (Lipinski definition) is 5. The van der Waals surface area contributed by atoms with Crippen LogP contribution in [0.25, 0.3) is 0 Å². The monoisotopic (exact) mass is 387 g/mol. The molecule has 0 radical (unpaired) electrons. The number of fused-ring (bicyclic) bond motifs is 1. The number of aromatic nitrogens is 2. The number of hydrogen-bond donors (Lipinski definition) is 1.